The fourth-order valence-electron chi connectivity index (χ4n) is 1.60. The molecule has 3 heteroatoms. The van der Waals surface area contributed by atoms with Crippen LogP contribution in [-0.4, -0.2) is 18.1 Å². The van der Waals surface area contributed by atoms with E-state index in [4.69, 9.17) is 0 Å². The molecule has 0 amide bonds. The number of benzene rings is 1. The average Bonchev–Trinajstić information content (AvgIpc) is 2.23. The van der Waals surface area contributed by atoms with Gasteiger partial charge in [0.05, 0.1) is 0 Å². The molecule has 1 unspecified atom stereocenters. The van der Waals surface area contributed by atoms with Crippen LogP contribution in [0.15, 0.2) is 18.2 Å². The quantitative estimate of drug-likeness (QED) is 0.846. The topological polar surface area (TPSA) is 12.0 Å². The summed E-state index contributed by atoms with van der Waals surface area (Å²) in [7, 11) is 1.93. The molecule has 0 bridgehead atoms. The summed E-state index contributed by atoms with van der Waals surface area (Å²) in [6.45, 7) is 6.38. The van der Waals surface area contributed by atoms with Gasteiger partial charge in [0, 0.05) is 11.8 Å². The third kappa shape index (κ3) is 3.80. The largest absolute Gasteiger partial charge is 0.312 e. The molecule has 0 aromatic heterocycles. The first-order valence-electron chi connectivity index (χ1n) is 5.59. The van der Waals surface area contributed by atoms with Crippen LogP contribution in [0, 0.1) is 12.7 Å². The predicted octanol–water partition coefficient (Wildman–Crippen LogP) is 3.54. The number of thioether (sulfide) groups is 1. The maximum atomic E-state index is 13.2. The van der Waals surface area contributed by atoms with Gasteiger partial charge in [0.25, 0.3) is 0 Å². The van der Waals surface area contributed by atoms with E-state index >= 15 is 0 Å². The Bertz CT molecular complexity index is 339. The molecule has 16 heavy (non-hydrogen) atoms. The molecule has 0 aliphatic carbocycles. The van der Waals surface area contributed by atoms with E-state index in [1.165, 1.54) is 6.07 Å². The minimum atomic E-state index is -0.157. The van der Waals surface area contributed by atoms with Crippen LogP contribution in [0.2, 0.25) is 0 Å². The molecule has 0 aliphatic rings. The second-order valence-electron chi connectivity index (χ2n) is 4.22. The summed E-state index contributed by atoms with van der Waals surface area (Å²) in [5.74, 6) is 0.814. The molecule has 90 valence electrons. The summed E-state index contributed by atoms with van der Waals surface area (Å²) < 4.78 is 13.2. The first-order valence-corrected chi connectivity index (χ1v) is 6.64. The molecular weight excluding hydrogens is 221 g/mol. The Hall–Kier alpha value is -0.540. The highest BCUT2D eigenvalue weighted by molar-refractivity contribution is 7.99. The zero-order valence-electron chi connectivity index (χ0n) is 10.4. The van der Waals surface area contributed by atoms with E-state index < -0.39 is 0 Å². The Morgan fingerprint density at radius 2 is 2.06 bits per heavy atom. The lowest BCUT2D eigenvalue weighted by atomic mass is 10.0. The van der Waals surface area contributed by atoms with Crippen molar-refractivity contribution in [3.63, 3.8) is 0 Å². The molecule has 0 heterocycles. The van der Waals surface area contributed by atoms with E-state index in [1.807, 2.05) is 31.8 Å². The van der Waals surface area contributed by atoms with Gasteiger partial charge in [0.15, 0.2) is 0 Å². The summed E-state index contributed by atoms with van der Waals surface area (Å²) in [4.78, 5) is 0. The minimum absolute atomic E-state index is 0.157. The lowest BCUT2D eigenvalue weighted by Gasteiger charge is -2.19. The highest BCUT2D eigenvalue weighted by Crippen LogP contribution is 2.24. The van der Waals surface area contributed by atoms with Crippen LogP contribution in [-0.2, 0) is 0 Å². The maximum Gasteiger partial charge on any atom is 0.123 e. The number of nitrogens with one attached hydrogen (secondary N) is 1. The number of hydrogen-bond acceptors (Lipinski definition) is 2. The van der Waals surface area contributed by atoms with E-state index in [0.717, 1.165) is 16.9 Å². The molecule has 0 radical (unpaired) electrons. The van der Waals surface area contributed by atoms with Crippen LogP contribution in [0.3, 0.4) is 0 Å². The van der Waals surface area contributed by atoms with Crippen molar-refractivity contribution in [3.05, 3.63) is 35.1 Å². The SMILES string of the molecule is CNC(CSC(C)C)c1cc(F)ccc1C. The van der Waals surface area contributed by atoms with E-state index in [2.05, 4.69) is 19.2 Å². The third-order valence-electron chi connectivity index (χ3n) is 2.56. The first kappa shape index (κ1) is 13.5. The molecule has 1 N–H and O–H groups in total. The number of halogens is 1. The molecular formula is C13H20FNS. The molecule has 1 nitrogen and oxygen atoms in total. The van der Waals surface area contributed by atoms with Crippen LogP contribution >= 0.6 is 11.8 Å². The van der Waals surface area contributed by atoms with Gasteiger partial charge in [-0.15, -0.1) is 0 Å². The Balaban J connectivity index is 2.81. The average molecular weight is 241 g/mol. The van der Waals surface area contributed by atoms with E-state index in [9.17, 15) is 4.39 Å². The molecule has 1 rings (SSSR count). The Morgan fingerprint density at radius 1 is 1.38 bits per heavy atom. The number of aryl methyl sites for hydroxylation is 1. The van der Waals surface area contributed by atoms with Crippen molar-refractivity contribution in [2.45, 2.75) is 32.1 Å². The predicted molar refractivity (Wildman–Crippen MR) is 70.5 cm³/mol. The van der Waals surface area contributed by atoms with Crippen molar-refractivity contribution in [3.8, 4) is 0 Å². The van der Waals surface area contributed by atoms with Crippen molar-refractivity contribution < 1.29 is 4.39 Å². The van der Waals surface area contributed by atoms with E-state index in [1.54, 1.807) is 6.07 Å². The first-order chi connectivity index (χ1) is 7.54. The van der Waals surface area contributed by atoms with Crippen molar-refractivity contribution in [2.75, 3.05) is 12.8 Å². The standard InChI is InChI=1S/C13H20FNS/c1-9(2)16-8-13(15-4)12-7-11(14)6-5-10(12)3/h5-7,9,13,15H,8H2,1-4H3. The fourth-order valence-corrected chi connectivity index (χ4v) is 2.53. The van der Waals surface area contributed by atoms with Gasteiger partial charge in [-0.2, -0.15) is 11.8 Å². The Labute approximate surface area is 102 Å². The zero-order valence-corrected chi connectivity index (χ0v) is 11.2. The Kier molecular flexibility index (Phi) is 5.29. The van der Waals surface area contributed by atoms with Crippen molar-refractivity contribution in [1.29, 1.82) is 0 Å². The highest BCUT2D eigenvalue weighted by atomic mass is 32.2. The summed E-state index contributed by atoms with van der Waals surface area (Å²) in [6, 6.07) is 5.22. The van der Waals surface area contributed by atoms with Gasteiger partial charge in [-0.3, -0.25) is 0 Å². The molecule has 1 aromatic rings. The van der Waals surface area contributed by atoms with Crippen LogP contribution < -0.4 is 5.32 Å². The van der Waals surface area contributed by atoms with Gasteiger partial charge in [-0.1, -0.05) is 19.9 Å². The van der Waals surface area contributed by atoms with Crippen molar-refractivity contribution in [1.82, 2.24) is 5.32 Å². The smallest absolute Gasteiger partial charge is 0.123 e. The van der Waals surface area contributed by atoms with Crippen molar-refractivity contribution >= 4 is 11.8 Å². The summed E-state index contributed by atoms with van der Waals surface area (Å²) in [5, 5.41) is 3.86. The summed E-state index contributed by atoms with van der Waals surface area (Å²) in [6.07, 6.45) is 0. The second kappa shape index (κ2) is 6.26. The second-order valence-corrected chi connectivity index (χ2v) is 5.83. The molecule has 0 saturated carbocycles. The third-order valence-corrected chi connectivity index (χ3v) is 3.75. The maximum absolute atomic E-state index is 13.2. The van der Waals surface area contributed by atoms with Crippen LogP contribution in [0.4, 0.5) is 4.39 Å². The monoisotopic (exact) mass is 241 g/mol. The van der Waals surface area contributed by atoms with Crippen molar-refractivity contribution in [2.24, 2.45) is 0 Å². The lowest BCUT2D eigenvalue weighted by Crippen LogP contribution is -2.20. The molecule has 1 aromatic carbocycles. The normalized spacial score (nSPS) is 13.1. The molecule has 1 atom stereocenters. The fraction of sp³-hybridized carbons (Fsp3) is 0.538. The summed E-state index contributed by atoms with van der Waals surface area (Å²) >= 11 is 1.89. The van der Waals surface area contributed by atoms with Gasteiger partial charge < -0.3 is 5.32 Å². The minimum Gasteiger partial charge on any atom is -0.312 e. The van der Waals surface area contributed by atoms with Crippen LogP contribution in [0.1, 0.15) is 31.0 Å². The van der Waals surface area contributed by atoms with Gasteiger partial charge in [-0.25, -0.2) is 4.39 Å². The van der Waals surface area contributed by atoms with Gasteiger partial charge in [0.1, 0.15) is 5.82 Å². The van der Waals surface area contributed by atoms with E-state index in [0.29, 0.717) is 5.25 Å². The van der Waals surface area contributed by atoms with Gasteiger partial charge in [-0.05, 0) is 42.5 Å². The number of rotatable bonds is 5. The van der Waals surface area contributed by atoms with Gasteiger partial charge >= 0.3 is 0 Å². The molecule has 0 aliphatic heterocycles. The highest BCUT2D eigenvalue weighted by Gasteiger charge is 2.13. The number of hydrogen-bond donors (Lipinski definition) is 1. The van der Waals surface area contributed by atoms with Gasteiger partial charge in [0.2, 0.25) is 0 Å². The zero-order chi connectivity index (χ0) is 12.1. The Morgan fingerprint density at radius 3 is 2.62 bits per heavy atom. The molecule has 0 spiro atoms. The molecule has 0 saturated heterocycles. The van der Waals surface area contributed by atoms with E-state index in [-0.39, 0.29) is 11.9 Å². The van der Waals surface area contributed by atoms with Crippen LogP contribution in [0.25, 0.3) is 0 Å². The van der Waals surface area contributed by atoms with Crippen LogP contribution in [0.5, 0.6) is 0 Å². The lowest BCUT2D eigenvalue weighted by molar-refractivity contribution is 0.609. The summed E-state index contributed by atoms with van der Waals surface area (Å²) in [5.41, 5.74) is 2.21. The molecule has 0 fully saturated rings.